The van der Waals surface area contributed by atoms with E-state index in [1.165, 1.54) is 27.3 Å². The molecule has 0 saturated carbocycles. The van der Waals surface area contributed by atoms with Gasteiger partial charge < -0.3 is 4.74 Å². The number of amides is 2. The molecule has 1 N–H and O–H groups in total. The number of ether oxygens (including phenoxy) is 1. The molecule has 9 heteroatoms. The van der Waals surface area contributed by atoms with Crippen molar-refractivity contribution in [3.05, 3.63) is 69.6 Å². The number of nitrogens with zero attached hydrogens (tertiary/aromatic N) is 3. The summed E-state index contributed by atoms with van der Waals surface area (Å²) in [4.78, 5) is 49.2. The highest BCUT2D eigenvalue weighted by Gasteiger charge is 2.34. The van der Waals surface area contributed by atoms with E-state index < -0.39 is 17.8 Å². The van der Waals surface area contributed by atoms with E-state index in [-0.39, 0.29) is 17.9 Å². The molecule has 3 aromatic rings. The Labute approximate surface area is 177 Å². The highest BCUT2D eigenvalue weighted by atomic mass is 16.5. The maximum Gasteiger partial charge on any atom is 0.338 e. The number of fused-ring (bicyclic) bond motifs is 1. The van der Waals surface area contributed by atoms with E-state index >= 15 is 0 Å². The maximum atomic E-state index is 12.9. The van der Waals surface area contributed by atoms with Crippen LogP contribution in [-0.2, 0) is 28.4 Å². The first kappa shape index (κ1) is 20.1. The number of esters is 1. The lowest BCUT2D eigenvalue weighted by atomic mass is 10.1. The monoisotopic (exact) mass is 420 g/mol. The Balaban J connectivity index is 1.63. The number of anilines is 1. The second-order valence-corrected chi connectivity index (χ2v) is 7.06. The van der Waals surface area contributed by atoms with Gasteiger partial charge in [0.2, 0.25) is 0 Å². The second-order valence-electron chi connectivity index (χ2n) is 7.06. The van der Waals surface area contributed by atoms with Crippen LogP contribution in [0.4, 0.5) is 5.69 Å². The molecule has 1 aromatic heterocycles. The summed E-state index contributed by atoms with van der Waals surface area (Å²) >= 11 is 0. The largest absolute Gasteiger partial charge is 0.462 e. The first-order chi connectivity index (χ1) is 14.8. The zero-order valence-electron chi connectivity index (χ0n) is 17.2. The molecule has 0 atom stereocenters. The predicted molar refractivity (Wildman–Crippen MR) is 114 cm³/mol. The van der Waals surface area contributed by atoms with Crippen LogP contribution in [0.3, 0.4) is 0 Å². The fraction of sp³-hybridized carbons (Fsp3) is 0.182. The molecule has 1 aliphatic rings. The van der Waals surface area contributed by atoms with E-state index in [9.17, 15) is 19.2 Å². The van der Waals surface area contributed by atoms with E-state index in [4.69, 9.17) is 4.74 Å². The summed E-state index contributed by atoms with van der Waals surface area (Å²) in [6.07, 6.45) is 1.49. The van der Waals surface area contributed by atoms with Gasteiger partial charge in [0.25, 0.3) is 11.8 Å². The van der Waals surface area contributed by atoms with Gasteiger partial charge in [0.05, 0.1) is 28.9 Å². The Morgan fingerprint density at radius 1 is 1.00 bits per heavy atom. The molecule has 1 saturated heterocycles. The van der Waals surface area contributed by atoms with Crippen molar-refractivity contribution in [1.29, 1.82) is 0 Å². The number of imidazole rings is 1. The first-order valence-corrected chi connectivity index (χ1v) is 9.61. The van der Waals surface area contributed by atoms with Gasteiger partial charge >= 0.3 is 11.7 Å². The average molecular weight is 420 g/mol. The van der Waals surface area contributed by atoms with Gasteiger partial charge in [-0.25, -0.2) is 14.6 Å². The lowest BCUT2D eigenvalue weighted by Gasteiger charge is -2.14. The molecule has 31 heavy (non-hydrogen) atoms. The van der Waals surface area contributed by atoms with Gasteiger partial charge in [0.15, 0.2) is 0 Å². The molecular formula is C22H20N4O5. The van der Waals surface area contributed by atoms with Crippen molar-refractivity contribution < 1.29 is 19.1 Å². The Bertz CT molecular complexity index is 1310. The van der Waals surface area contributed by atoms with E-state index in [0.717, 1.165) is 10.5 Å². The van der Waals surface area contributed by atoms with Gasteiger partial charge in [-0.3, -0.25) is 24.1 Å². The van der Waals surface area contributed by atoms with E-state index in [1.807, 2.05) is 0 Å². The van der Waals surface area contributed by atoms with Crippen molar-refractivity contribution in [1.82, 2.24) is 14.6 Å². The van der Waals surface area contributed by atoms with Crippen LogP contribution >= 0.6 is 0 Å². The zero-order chi connectivity index (χ0) is 22.3. The van der Waals surface area contributed by atoms with Crippen molar-refractivity contribution >= 4 is 40.6 Å². The zero-order valence-corrected chi connectivity index (χ0v) is 17.2. The lowest BCUT2D eigenvalue weighted by Crippen LogP contribution is -2.35. The Kier molecular flexibility index (Phi) is 4.94. The number of hydrazine groups is 1. The number of carbonyl (C=O) groups excluding carboxylic acids is 3. The van der Waals surface area contributed by atoms with Crippen LogP contribution in [-0.4, -0.2) is 33.5 Å². The number of aromatic nitrogens is 2. The molecule has 0 bridgehead atoms. The predicted octanol–water partition coefficient (Wildman–Crippen LogP) is 1.52. The molecule has 2 amide bonds. The number of rotatable bonds is 4. The number of benzene rings is 2. The molecule has 1 fully saturated rings. The number of nitrogens with one attached hydrogen (secondary N) is 1. The van der Waals surface area contributed by atoms with Gasteiger partial charge in [0.1, 0.15) is 5.57 Å². The lowest BCUT2D eigenvalue weighted by molar-refractivity contribution is -0.117. The smallest absolute Gasteiger partial charge is 0.338 e. The van der Waals surface area contributed by atoms with Crippen molar-refractivity contribution in [3.63, 3.8) is 0 Å². The molecule has 4 rings (SSSR count). The van der Waals surface area contributed by atoms with Crippen LogP contribution in [0.15, 0.2) is 52.8 Å². The van der Waals surface area contributed by atoms with Crippen LogP contribution in [0.25, 0.3) is 17.1 Å². The molecule has 0 aliphatic carbocycles. The quantitative estimate of drug-likeness (QED) is 0.392. The number of aryl methyl sites for hydroxylation is 2. The summed E-state index contributed by atoms with van der Waals surface area (Å²) in [5, 5.41) is 1.12. The molecule has 9 nitrogen and oxygen atoms in total. The molecule has 158 valence electrons. The summed E-state index contributed by atoms with van der Waals surface area (Å²) in [5.74, 6) is -1.52. The van der Waals surface area contributed by atoms with Crippen LogP contribution < -0.4 is 16.1 Å². The molecular weight excluding hydrogens is 400 g/mol. The number of hydrogen-bond donors (Lipinski definition) is 1. The molecule has 2 heterocycles. The van der Waals surface area contributed by atoms with Crippen molar-refractivity contribution in [3.8, 4) is 0 Å². The van der Waals surface area contributed by atoms with Crippen LogP contribution in [0.2, 0.25) is 0 Å². The van der Waals surface area contributed by atoms with Gasteiger partial charge in [-0.15, -0.1) is 0 Å². The van der Waals surface area contributed by atoms with Gasteiger partial charge in [-0.05, 0) is 55.0 Å². The third-order valence-corrected chi connectivity index (χ3v) is 5.14. The van der Waals surface area contributed by atoms with Crippen LogP contribution in [0, 0.1) is 0 Å². The SMILES string of the molecule is CCOC(=O)c1ccc(N2NC(=O)C(=Cc3ccc4c(c3)n(C)c(=O)n4C)C2=O)cc1. The van der Waals surface area contributed by atoms with E-state index in [2.05, 4.69) is 5.43 Å². The minimum Gasteiger partial charge on any atom is -0.462 e. The van der Waals surface area contributed by atoms with Gasteiger partial charge in [-0.1, -0.05) is 6.07 Å². The van der Waals surface area contributed by atoms with E-state index in [0.29, 0.717) is 22.3 Å². The standard InChI is InChI=1S/C22H20N4O5/c1-4-31-21(29)14-6-8-15(9-7-14)26-20(28)16(19(27)23-26)11-13-5-10-17-18(12-13)25(3)22(30)24(17)2/h5-12H,4H2,1-3H3,(H,23,27). The highest BCUT2D eigenvalue weighted by molar-refractivity contribution is 6.31. The van der Waals surface area contributed by atoms with E-state index in [1.54, 1.807) is 51.4 Å². The third-order valence-electron chi connectivity index (χ3n) is 5.14. The van der Waals surface area contributed by atoms with Crippen molar-refractivity contribution in [2.45, 2.75) is 6.92 Å². The topological polar surface area (TPSA) is 103 Å². The van der Waals surface area contributed by atoms with Gasteiger partial charge in [-0.2, -0.15) is 0 Å². The maximum absolute atomic E-state index is 12.9. The summed E-state index contributed by atoms with van der Waals surface area (Å²) in [5.41, 5.74) is 5.16. The molecule has 1 aliphatic heterocycles. The Hall–Kier alpha value is -4.14. The first-order valence-electron chi connectivity index (χ1n) is 9.61. The molecule has 0 spiro atoms. The van der Waals surface area contributed by atoms with Crippen LogP contribution in [0.1, 0.15) is 22.8 Å². The molecule has 2 aromatic carbocycles. The van der Waals surface area contributed by atoms with Gasteiger partial charge in [0, 0.05) is 14.1 Å². The number of hydrogen-bond acceptors (Lipinski definition) is 5. The minimum absolute atomic E-state index is 0.0326. The third kappa shape index (κ3) is 3.39. The summed E-state index contributed by atoms with van der Waals surface area (Å²) < 4.78 is 7.98. The fourth-order valence-corrected chi connectivity index (χ4v) is 3.48. The second kappa shape index (κ2) is 7.60. The van der Waals surface area contributed by atoms with Crippen molar-refractivity contribution in [2.24, 2.45) is 14.1 Å². The van der Waals surface area contributed by atoms with Crippen molar-refractivity contribution in [2.75, 3.05) is 11.6 Å². The van der Waals surface area contributed by atoms with Crippen LogP contribution in [0.5, 0.6) is 0 Å². The Morgan fingerprint density at radius 3 is 2.35 bits per heavy atom. The molecule has 0 unspecified atom stereocenters. The normalized spacial score (nSPS) is 15.1. The molecule has 0 radical (unpaired) electrons. The Morgan fingerprint density at radius 2 is 1.68 bits per heavy atom. The summed E-state index contributed by atoms with van der Waals surface area (Å²) in [6.45, 7) is 1.98. The summed E-state index contributed by atoms with van der Waals surface area (Å²) in [6, 6.07) is 11.4. The summed E-state index contributed by atoms with van der Waals surface area (Å²) in [7, 11) is 3.35. The fourth-order valence-electron chi connectivity index (χ4n) is 3.48. The highest BCUT2D eigenvalue weighted by Crippen LogP contribution is 2.23. The minimum atomic E-state index is -0.540. The average Bonchev–Trinajstić information content (AvgIpc) is 3.17. The number of carbonyl (C=O) groups is 3.